The molecule has 2 unspecified atom stereocenters. The molecule has 0 amide bonds. The molecule has 0 saturated carbocycles. The second-order valence-electron chi connectivity index (χ2n) is 4.71. The summed E-state index contributed by atoms with van der Waals surface area (Å²) in [6.07, 6.45) is 5.39. The Hall–Kier alpha value is -0.0800. The molecule has 1 saturated heterocycles. The Balaban J connectivity index is 2.21. The van der Waals surface area contributed by atoms with Crippen molar-refractivity contribution < 1.29 is 0 Å². The van der Waals surface area contributed by atoms with E-state index in [1.54, 1.807) is 0 Å². The van der Waals surface area contributed by atoms with Gasteiger partial charge in [-0.1, -0.05) is 26.7 Å². The summed E-state index contributed by atoms with van der Waals surface area (Å²) in [6.45, 7) is 9.25. The first-order valence-electron chi connectivity index (χ1n) is 6.22. The Morgan fingerprint density at radius 2 is 2.21 bits per heavy atom. The van der Waals surface area contributed by atoms with Crippen molar-refractivity contribution in [2.24, 2.45) is 17.6 Å². The predicted octanol–water partition coefficient (Wildman–Crippen LogP) is 2.09. The number of likely N-dealkylation sites (tertiary alicyclic amines) is 1. The maximum Gasteiger partial charge on any atom is 0.00217 e. The molecule has 0 aromatic heterocycles. The minimum Gasteiger partial charge on any atom is -0.330 e. The zero-order valence-electron chi connectivity index (χ0n) is 9.84. The summed E-state index contributed by atoms with van der Waals surface area (Å²) in [5, 5.41) is 0. The van der Waals surface area contributed by atoms with Crippen LogP contribution in [0.4, 0.5) is 0 Å². The third-order valence-electron chi connectivity index (χ3n) is 3.49. The molecule has 1 aliphatic rings. The summed E-state index contributed by atoms with van der Waals surface area (Å²) in [7, 11) is 0. The summed E-state index contributed by atoms with van der Waals surface area (Å²) in [5.41, 5.74) is 5.73. The minimum atomic E-state index is 0.718. The van der Waals surface area contributed by atoms with Gasteiger partial charge in [0.05, 0.1) is 0 Å². The van der Waals surface area contributed by atoms with Crippen molar-refractivity contribution in [1.29, 1.82) is 0 Å². The van der Waals surface area contributed by atoms with Crippen molar-refractivity contribution >= 4 is 0 Å². The fourth-order valence-corrected chi connectivity index (χ4v) is 2.46. The lowest BCUT2D eigenvalue weighted by molar-refractivity contribution is 0.265. The lowest BCUT2D eigenvalue weighted by Crippen LogP contribution is -2.31. The molecular formula is C12H26N2. The molecule has 2 nitrogen and oxygen atoms in total. The van der Waals surface area contributed by atoms with E-state index in [1.807, 2.05) is 0 Å². The smallest absolute Gasteiger partial charge is 0.00217 e. The highest BCUT2D eigenvalue weighted by Crippen LogP contribution is 2.21. The van der Waals surface area contributed by atoms with Crippen LogP contribution in [0.15, 0.2) is 0 Å². The molecule has 0 aliphatic carbocycles. The molecule has 0 aromatic carbocycles. The SMILES string of the molecule is CCCC1CCN(CC(CC)CN)C1. The summed E-state index contributed by atoms with van der Waals surface area (Å²) >= 11 is 0. The van der Waals surface area contributed by atoms with Gasteiger partial charge in [-0.05, 0) is 37.8 Å². The van der Waals surface area contributed by atoms with Crippen molar-refractivity contribution in [3.05, 3.63) is 0 Å². The molecule has 1 fully saturated rings. The monoisotopic (exact) mass is 198 g/mol. The summed E-state index contributed by atoms with van der Waals surface area (Å²) in [4.78, 5) is 2.61. The van der Waals surface area contributed by atoms with E-state index in [1.165, 1.54) is 45.3 Å². The third kappa shape index (κ3) is 3.58. The van der Waals surface area contributed by atoms with E-state index in [-0.39, 0.29) is 0 Å². The van der Waals surface area contributed by atoms with Gasteiger partial charge in [0, 0.05) is 13.1 Å². The molecule has 0 spiro atoms. The largest absolute Gasteiger partial charge is 0.330 e. The predicted molar refractivity (Wildman–Crippen MR) is 62.3 cm³/mol. The maximum atomic E-state index is 5.73. The Kier molecular flexibility index (Phi) is 5.49. The normalized spacial score (nSPS) is 25.5. The van der Waals surface area contributed by atoms with E-state index < -0.39 is 0 Å². The first kappa shape index (κ1) is 12.0. The quantitative estimate of drug-likeness (QED) is 0.708. The van der Waals surface area contributed by atoms with Gasteiger partial charge in [-0.3, -0.25) is 0 Å². The number of hydrogen-bond acceptors (Lipinski definition) is 2. The van der Waals surface area contributed by atoms with Gasteiger partial charge in [-0.15, -0.1) is 0 Å². The zero-order valence-corrected chi connectivity index (χ0v) is 9.84. The Bertz CT molecular complexity index is 143. The lowest BCUT2D eigenvalue weighted by Gasteiger charge is -2.21. The van der Waals surface area contributed by atoms with Gasteiger partial charge in [-0.2, -0.15) is 0 Å². The van der Waals surface area contributed by atoms with Crippen LogP contribution in [0, 0.1) is 11.8 Å². The molecule has 0 radical (unpaired) electrons. The number of hydrogen-bond donors (Lipinski definition) is 1. The van der Waals surface area contributed by atoms with Crippen molar-refractivity contribution in [3.8, 4) is 0 Å². The van der Waals surface area contributed by atoms with E-state index in [9.17, 15) is 0 Å². The van der Waals surface area contributed by atoms with Crippen LogP contribution >= 0.6 is 0 Å². The average molecular weight is 198 g/mol. The van der Waals surface area contributed by atoms with Gasteiger partial charge in [0.1, 0.15) is 0 Å². The zero-order chi connectivity index (χ0) is 10.4. The van der Waals surface area contributed by atoms with Crippen LogP contribution in [0.25, 0.3) is 0 Å². The van der Waals surface area contributed by atoms with Gasteiger partial charge >= 0.3 is 0 Å². The molecule has 1 heterocycles. The summed E-state index contributed by atoms with van der Waals surface area (Å²) < 4.78 is 0. The highest BCUT2D eigenvalue weighted by atomic mass is 15.1. The van der Waals surface area contributed by atoms with Crippen molar-refractivity contribution in [2.75, 3.05) is 26.2 Å². The maximum absolute atomic E-state index is 5.73. The molecule has 1 rings (SSSR count). The Labute approximate surface area is 88.8 Å². The van der Waals surface area contributed by atoms with Crippen LogP contribution in [-0.4, -0.2) is 31.1 Å². The number of rotatable bonds is 6. The molecule has 1 aliphatic heterocycles. The molecule has 2 atom stereocenters. The van der Waals surface area contributed by atoms with E-state index in [4.69, 9.17) is 5.73 Å². The Morgan fingerprint density at radius 3 is 2.79 bits per heavy atom. The van der Waals surface area contributed by atoms with E-state index in [0.29, 0.717) is 0 Å². The van der Waals surface area contributed by atoms with Crippen LogP contribution in [0.2, 0.25) is 0 Å². The summed E-state index contributed by atoms with van der Waals surface area (Å²) in [5.74, 6) is 1.69. The van der Waals surface area contributed by atoms with E-state index in [2.05, 4.69) is 18.7 Å². The standard InChI is InChI=1S/C12H26N2/c1-3-5-12-6-7-14(10-12)9-11(4-2)8-13/h11-12H,3-10,13H2,1-2H3. The second-order valence-corrected chi connectivity index (χ2v) is 4.71. The van der Waals surface area contributed by atoms with Gasteiger partial charge < -0.3 is 10.6 Å². The van der Waals surface area contributed by atoms with Crippen LogP contribution in [0.1, 0.15) is 39.5 Å². The molecule has 14 heavy (non-hydrogen) atoms. The lowest BCUT2D eigenvalue weighted by atomic mass is 10.0. The third-order valence-corrected chi connectivity index (χ3v) is 3.49. The highest BCUT2D eigenvalue weighted by Gasteiger charge is 2.22. The van der Waals surface area contributed by atoms with Crippen LogP contribution in [0.3, 0.4) is 0 Å². The van der Waals surface area contributed by atoms with Crippen molar-refractivity contribution in [3.63, 3.8) is 0 Å². The van der Waals surface area contributed by atoms with Gasteiger partial charge in [-0.25, -0.2) is 0 Å². The van der Waals surface area contributed by atoms with Crippen LogP contribution < -0.4 is 5.73 Å². The average Bonchev–Trinajstić information content (AvgIpc) is 2.63. The molecule has 0 bridgehead atoms. The van der Waals surface area contributed by atoms with Gasteiger partial charge in [0.25, 0.3) is 0 Å². The Morgan fingerprint density at radius 1 is 1.43 bits per heavy atom. The van der Waals surface area contributed by atoms with Crippen molar-refractivity contribution in [2.45, 2.75) is 39.5 Å². The number of nitrogens with zero attached hydrogens (tertiary/aromatic N) is 1. The summed E-state index contributed by atoms with van der Waals surface area (Å²) in [6, 6.07) is 0. The first-order chi connectivity index (χ1) is 6.80. The molecular weight excluding hydrogens is 172 g/mol. The highest BCUT2D eigenvalue weighted by molar-refractivity contribution is 4.77. The van der Waals surface area contributed by atoms with Crippen molar-refractivity contribution in [1.82, 2.24) is 4.90 Å². The van der Waals surface area contributed by atoms with Gasteiger partial charge in [0.15, 0.2) is 0 Å². The topological polar surface area (TPSA) is 29.3 Å². The molecule has 0 aromatic rings. The molecule has 84 valence electrons. The van der Waals surface area contributed by atoms with Crippen LogP contribution in [-0.2, 0) is 0 Å². The van der Waals surface area contributed by atoms with Crippen LogP contribution in [0.5, 0.6) is 0 Å². The first-order valence-corrected chi connectivity index (χ1v) is 6.22. The second kappa shape index (κ2) is 6.41. The van der Waals surface area contributed by atoms with Gasteiger partial charge in [0.2, 0.25) is 0 Å². The molecule has 2 N–H and O–H groups in total. The van der Waals surface area contributed by atoms with E-state index in [0.717, 1.165) is 18.4 Å². The fraction of sp³-hybridized carbons (Fsp3) is 1.00. The fourth-order valence-electron chi connectivity index (χ4n) is 2.46. The number of nitrogens with two attached hydrogens (primary N) is 1. The van der Waals surface area contributed by atoms with E-state index >= 15 is 0 Å². The molecule has 2 heteroatoms. The minimum absolute atomic E-state index is 0.718.